The molecule has 1 rings (SSSR count). The van der Waals surface area contributed by atoms with Gasteiger partial charge in [0.05, 0.1) is 0 Å². The maximum absolute atomic E-state index is 11.3. The van der Waals surface area contributed by atoms with Gasteiger partial charge in [-0.2, -0.15) is 0 Å². The van der Waals surface area contributed by atoms with Gasteiger partial charge in [0.15, 0.2) is 0 Å². The van der Waals surface area contributed by atoms with Crippen LogP contribution >= 0.6 is 0 Å². The minimum absolute atomic E-state index is 0.0710. The summed E-state index contributed by atoms with van der Waals surface area (Å²) >= 11 is 0. The predicted octanol–water partition coefficient (Wildman–Crippen LogP) is 1.20. The molecule has 0 aliphatic heterocycles. The van der Waals surface area contributed by atoms with E-state index >= 15 is 0 Å². The van der Waals surface area contributed by atoms with Crippen molar-refractivity contribution in [3.05, 3.63) is 11.6 Å². The molecule has 3 N–H and O–H groups in total. The Morgan fingerprint density at radius 1 is 1.57 bits per heavy atom. The molecule has 1 atom stereocenters. The Balaban J connectivity index is 2.12. The highest BCUT2D eigenvalue weighted by atomic mass is 16.1. The van der Waals surface area contributed by atoms with Crippen LogP contribution in [-0.4, -0.2) is 18.5 Å². The Morgan fingerprint density at radius 3 is 2.71 bits per heavy atom. The third-order valence-electron chi connectivity index (χ3n) is 2.46. The molecule has 3 nitrogen and oxygen atoms in total. The lowest BCUT2D eigenvalue weighted by atomic mass is 10.1. The van der Waals surface area contributed by atoms with E-state index < -0.39 is 0 Å². The van der Waals surface area contributed by atoms with Gasteiger partial charge in [0, 0.05) is 19.0 Å². The van der Waals surface area contributed by atoms with Crippen LogP contribution in [0.25, 0.3) is 0 Å². The van der Waals surface area contributed by atoms with Crippen molar-refractivity contribution in [1.82, 2.24) is 5.32 Å². The van der Waals surface area contributed by atoms with Crippen LogP contribution in [0, 0.1) is 5.92 Å². The van der Waals surface area contributed by atoms with E-state index in [0.717, 1.165) is 0 Å². The molecule has 0 aromatic heterocycles. The third-order valence-corrected chi connectivity index (χ3v) is 2.46. The zero-order valence-electron chi connectivity index (χ0n) is 9.05. The quantitative estimate of drug-likeness (QED) is 0.649. The number of amides is 1. The summed E-state index contributed by atoms with van der Waals surface area (Å²) in [5.74, 6) is 0.672. The first-order valence-electron chi connectivity index (χ1n) is 5.25. The molecule has 1 saturated carbocycles. The van der Waals surface area contributed by atoms with Crippen LogP contribution in [0.2, 0.25) is 0 Å². The standard InChI is InChI=1S/C11H20N2O/c1-8(2)5-6-13-11(14)7-10(12)9-3-4-9/h5,9-10H,3-4,6-7,12H2,1-2H3,(H,13,14). The lowest BCUT2D eigenvalue weighted by Crippen LogP contribution is -2.33. The molecule has 0 aromatic rings. The maximum atomic E-state index is 11.3. The first-order chi connectivity index (χ1) is 6.59. The number of carbonyl (C=O) groups excluding carboxylic acids is 1. The Bertz CT molecular complexity index is 227. The smallest absolute Gasteiger partial charge is 0.221 e. The summed E-state index contributed by atoms with van der Waals surface area (Å²) in [7, 11) is 0. The molecule has 1 unspecified atom stereocenters. The highest BCUT2D eigenvalue weighted by molar-refractivity contribution is 5.76. The number of allylic oxidation sites excluding steroid dienone is 1. The summed E-state index contributed by atoms with van der Waals surface area (Å²) in [6, 6.07) is 0.0710. The molecule has 1 aliphatic carbocycles. The van der Waals surface area contributed by atoms with Gasteiger partial charge in [-0.3, -0.25) is 4.79 Å². The van der Waals surface area contributed by atoms with Gasteiger partial charge >= 0.3 is 0 Å². The molecule has 3 heteroatoms. The highest BCUT2D eigenvalue weighted by Gasteiger charge is 2.29. The first kappa shape index (κ1) is 11.2. The minimum atomic E-state index is 0.0710. The van der Waals surface area contributed by atoms with Gasteiger partial charge in [0.2, 0.25) is 5.91 Å². The molecule has 1 aliphatic rings. The second kappa shape index (κ2) is 5.15. The molecule has 0 radical (unpaired) electrons. The summed E-state index contributed by atoms with van der Waals surface area (Å²) in [4.78, 5) is 11.3. The van der Waals surface area contributed by atoms with Crippen LogP contribution < -0.4 is 11.1 Å². The molecule has 0 saturated heterocycles. The van der Waals surface area contributed by atoms with Crippen molar-refractivity contribution in [1.29, 1.82) is 0 Å². The Hall–Kier alpha value is -0.830. The summed E-state index contributed by atoms with van der Waals surface area (Å²) < 4.78 is 0. The molecule has 0 heterocycles. The number of hydrogen-bond donors (Lipinski definition) is 2. The molecular formula is C11H20N2O. The predicted molar refractivity (Wildman–Crippen MR) is 57.8 cm³/mol. The molecule has 80 valence electrons. The number of carbonyl (C=O) groups is 1. The van der Waals surface area contributed by atoms with E-state index in [2.05, 4.69) is 5.32 Å². The van der Waals surface area contributed by atoms with Crippen molar-refractivity contribution in [2.24, 2.45) is 11.7 Å². The largest absolute Gasteiger partial charge is 0.353 e. The third kappa shape index (κ3) is 4.42. The summed E-state index contributed by atoms with van der Waals surface area (Å²) in [6.07, 6.45) is 4.87. The van der Waals surface area contributed by atoms with Crippen molar-refractivity contribution in [2.75, 3.05) is 6.54 Å². The lowest BCUT2D eigenvalue weighted by molar-refractivity contribution is -0.121. The fourth-order valence-electron chi connectivity index (χ4n) is 1.35. The van der Waals surface area contributed by atoms with Crippen LogP contribution in [0.15, 0.2) is 11.6 Å². The van der Waals surface area contributed by atoms with Gasteiger partial charge in [-0.05, 0) is 32.6 Å². The fraction of sp³-hybridized carbons (Fsp3) is 0.727. The van der Waals surface area contributed by atoms with Crippen molar-refractivity contribution < 1.29 is 4.79 Å². The molecule has 1 fully saturated rings. The van der Waals surface area contributed by atoms with Crippen LogP contribution in [0.5, 0.6) is 0 Å². The molecule has 0 aromatic carbocycles. The van der Waals surface area contributed by atoms with Gasteiger partial charge in [-0.1, -0.05) is 11.6 Å². The number of nitrogens with one attached hydrogen (secondary N) is 1. The summed E-state index contributed by atoms with van der Waals surface area (Å²) in [6.45, 7) is 4.66. The minimum Gasteiger partial charge on any atom is -0.353 e. The number of rotatable bonds is 5. The van der Waals surface area contributed by atoms with E-state index in [1.54, 1.807) is 0 Å². The summed E-state index contributed by atoms with van der Waals surface area (Å²) in [5, 5.41) is 2.83. The van der Waals surface area contributed by atoms with Crippen LogP contribution in [0.1, 0.15) is 33.1 Å². The van der Waals surface area contributed by atoms with Gasteiger partial charge < -0.3 is 11.1 Å². The second-order valence-corrected chi connectivity index (χ2v) is 4.29. The zero-order chi connectivity index (χ0) is 10.6. The van der Waals surface area contributed by atoms with Crippen molar-refractivity contribution in [3.8, 4) is 0 Å². The molecule has 1 amide bonds. The van der Waals surface area contributed by atoms with Gasteiger partial charge in [0.1, 0.15) is 0 Å². The Kier molecular flexibility index (Phi) is 4.14. The van der Waals surface area contributed by atoms with E-state index in [1.807, 2.05) is 19.9 Å². The highest BCUT2D eigenvalue weighted by Crippen LogP contribution is 2.32. The van der Waals surface area contributed by atoms with E-state index in [9.17, 15) is 4.79 Å². The van der Waals surface area contributed by atoms with Crippen LogP contribution in [0.3, 0.4) is 0 Å². The molecule has 0 spiro atoms. The molecular weight excluding hydrogens is 176 g/mol. The Labute approximate surface area is 85.7 Å². The van der Waals surface area contributed by atoms with Crippen molar-refractivity contribution in [2.45, 2.75) is 39.2 Å². The first-order valence-corrected chi connectivity index (χ1v) is 5.25. The van der Waals surface area contributed by atoms with Crippen molar-refractivity contribution >= 4 is 5.91 Å². The topological polar surface area (TPSA) is 55.1 Å². The monoisotopic (exact) mass is 196 g/mol. The lowest BCUT2D eigenvalue weighted by Gasteiger charge is -2.09. The van der Waals surface area contributed by atoms with E-state index in [4.69, 9.17) is 5.73 Å². The van der Waals surface area contributed by atoms with Crippen LogP contribution in [-0.2, 0) is 4.79 Å². The van der Waals surface area contributed by atoms with E-state index in [-0.39, 0.29) is 11.9 Å². The number of hydrogen-bond acceptors (Lipinski definition) is 2. The average molecular weight is 196 g/mol. The van der Waals surface area contributed by atoms with Gasteiger partial charge in [0.25, 0.3) is 0 Å². The SMILES string of the molecule is CC(C)=CCNC(=O)CC(N)C1CC1. The zero-order valence-corrected chi connectivity index (χ0v) is 9.05. The van der Waals surface area contributed by atoms with Crippen molar-refractivity contribution in [3.63, 3.8) is 0 Å². The summed E-state index contributed by atoms with van der Waals surface area (Å²) in [5.41, 5.74) is 7.05. The maximum Gasteiger partial charge on any atom is 0.221 e. The van der Waals surface area contributed by atoms with Gasteiger partial charge in [-0.15, -0.1) is 0 Å². The van der Waals surface area contributed by atoms with Crippen LogP contribution in [0.4, 0.5) is 0 Å². The molecule has 14 heavy (non-hydrogen) atoms. The second-order valence-electron chi connectivity index (χ2n) is 4.29. The molecule has 0 bridgehead atoms. The van der Waals surface area contributed by atoms with E-state index in [1.165, 1.54) is 18.4 Å². The normalized spacial score (nSPS) is 17.4. The van der Waals surface area contributed by atoms with E-state index in [0.29, 0.717) is 18.9 Å². The fourth-order valence-corrected chi connectivity index (χ4v) is 1.35. The van der Waals surface area contributed by atoms with Gasteiger partial charge in [-0.25, -0.2) is 0 Å². The average Bonchev–Trinajstić information content (AvgIpc) is 2.84. The Morgan fingerprint density at radius 2 is 2.21 bits per heavy atom. The number of nitrogens with two attached hydrogens (primary N) is 1.